The lowest BCUT2D eigenvalue weighted by atomic mass is 10.1. The van der Waals surface area contributed by atoms with Crippen LogP contribution in [0.4, 0.5) is 11.4 Å². The van der Waals surface area contributed by atoms with Gasteiger partial charge in [0, 0.05) is 11.5 Å². The normalized spacial score (nSPS) is 13.3. The number of nitrogens with one attached hydrogen (secondary N) is 1. The Kier molecular flexibility index (Phi) is 5.39. The van der Waals surface area contributed by atoms with E-state index in [0.717, 1.165) is 22.0 Å². The number of aryl methyl sites for hydroxylation is 1. The molecule has 0 unspecified atom stereocenters. The van der Waals surface area contributed by atoms with Gasteiger partial charge >= 0.3 is 0 Å². The van der Waals surface area contributed by atoms with Gasteiger partial charge in [-0.1, -0.05) is 24.3 Å². The summed E-state index contributed by atoms with van der Waals surface area (Å²) in [4.78, 5) is 30.3. The summed E-state index contributed by atoms with van der Waals surface area (Å²) in [6, 6.07) is 14.7. The van der Waals surface area contributed by atoms with Gasteiger partial charge in [0.2, 0.25) is 5.91 Å². The van der Waals surface area contributed by atoms with Crippen LogP contribution < -0.4 is 15.0 Å². The second kappa shape index (κ2) is 8.28. The summed E-state index contributed by atoms with van der Waals surface area (Å²) < 4.78 is 5.73. The van der Waals surface area contributed by atoms with Gasteiger partial charge in [0.25, 0.3) is 5.91 Å². The van der Waals surface area contributed by atoms with Crippen molar-refractivity contribution in [1.82, 2.24) is 4.98 Å². The first-order chi connectivity index (χ1) is 14.1. The van der Waals surface area contributed by atoms with E-state index in [1.54, 1.807) is 23.5 Å². The summed E-state index contributed by atoms with van der Waals surface area (Å²) in [6.07, 6.45) is 3.20. The monoisotopic (exact) mass is 405 g/mol. The third-order valence-corrected chi connectivity index (χ3v) is 5.21. The van der Waals surface area contributed by atoms with Crippen LogP contribution in [0.1, 0.15) is 16.3 Å². The fraction of sp³-hybridized carbons (Fsp3) is 0.136. The van der Waals surface area contributed by atoms with Crippen LogP contribution in [0.15, 0.2) is 60.0 Å². The third-order valence-electron chi connectivity index (χ3n) is 4.39. The van der Waals surface area contributed by atoms with Gasteiger partial charge in [-0.15, -0.1) is 11.3 Å². The molecule has 0 saturated heterocycles. The fourth-order valence-corrected chi connectivity index (χ4v) is 3.59. The lowest BCUT2D eigenvalue weighted by Crippen LogP contribution is -2.41. The number of rotatable bonds is 5. The number of aromatic nitrogens is 1. The van der Waals surface area contributed by atoms with Crippen molar-refractivity contribution in [2.45, 2.75) is 13.5 Å². The number of para-hydroxylation sites is 2. The van der Waals surface area contributed by atoms with Crippen molar-refractivity contribution < 1.29 is 14.3 Å². The number of nitrogens with zero attached hydrogens (tertiary/aromatic N) is 2. The zero-order valence-electron chi connectivity index (χ0n) is 15.8. The summed E-state index contributed by atoms with van der Waals surface area (Å²) in [6.45, 7) is 2.39. The van der Waals surface area contributed by atoms with E-state index >= 15 is 0 Å². The predicted octanol–water partition coefficient (Wildman–Crippen LogP) is 4.03. The van der Waals surface area contributed by atoms with E-state index in [0.29, 0.717) is 18.0 Å². The Morgan fingerprint density at radius 2 is 2.03 bits per heavy atom. The van der Waals surface area contributed by atoms with Gasteiger partial charge in [-0.05, 0) is 42.8 Å². The molecule has 0 atom stereocenters. The first-order valence-corrected chi connectivity index (χ1v) is 9.99. The predicted molar refractivity (Wildman–Crippen MR) is 114 cm³/mol. The molecule has 146 valence electrons. The molecule has 0 radical (unpaired) electrons. The minimum atomic E-state index is -0.244. The van der Waals surface area contributed by atoms with E-state index in [4.69, 9.17) is 4.74 Å². The molecule has 2 heterocycles. The molecule has 0 bridgehead atoms. The van der Waals surface area contributed by atoms with Crippen molar-refractivity contribution in [2.24, 2.45) is 0 Å². The minimum Gasteiger partial charge on any atom is -0.487 e. The Balaban J connectivity index is 1.40. The molecule has 0 fully saturated rings. The summed E-state index contributed by atoms with van der Waals surface area (Å²) in [7, 11) is 0. The molecular weight excluding hydrogens is 386 g/mol. The highest BCUT2D eigenvalue weighted by molar-refractivity contribution is 7.09. The Morgan fingerprint density at radius 1 is 1.24 bits per heavy atom. The summed E-state index contributed by atoms with van der Waals surface area (Å²) in [5.41, 5.74) is 3.11. The van der Waals surface area contributed by atoms with Gasteiger partial charge in [-0.25, -0.2) is 4.98 Å². The topological polar surface area (TPSA) is 71.5 Å². The molecule has 6 nitrogen and oxygen atoms in total. The maximum Gasteiger partial charge on any atom is 0.251 e. The Labute approximate surface area is 172 Å². The van der Waals surface area contributed by atoms with Crippen LogP contribution in [0.5, 0.6) is 5.75 Å². The van der Waals surface area contributed by atoms with Crippen LogP contribution in [-0.4, -0.2) is 23.3 Å². The Hall–Kier alpha value is -3.45. The fourth-order valence-electron chi connectivity index (χ4n) is 2.99. The number of hydrogen-bond donors (Lipinski definition) is 1. The smallest absolute Gasteiger partial charge is 0.251 e. The average Bonchev–Trinajstić information content (AvgIpc) is 3.15. The molecule has 0 aliphatic carbocycles. The minimum absolute atomic E-state index is 0.00303. The number of hydrogen-bond acceptors (Lipinski definition) is 5. The SMILES string of the molecule is Cc1nc(COc2ccc(C=CC(=O)N3CC(=O)Nc4ccccc43)cc2)cs1. The lowest BCUT2D eigenvalue weighted by molar-refractivity contribution is -0.119. The molecule has 2 amide bonds. The summed E-state index contributed by atoms with van der Waals surface area (Å²) in [5, 5.41) is 5.77. The van der Waals surface area contributed by atoms with Crippen LogP contribution in [0.3, 0.4) is 0 Å². The largest absolute Gasteiger partial charge is 0.487 e. The van der Waals surface area contributed by atoms with E-state index in [9.17, 15) is 9.59 Å². The molecule has 3 aromatic rings. The number of carbonyl (C=O) groups excluding carboxylic acids is 2. The maximum absolute atomic E-state index is 12.6. The molecule has 7 heteroatoms. The van der Waals surface area contributed by atoms with Crippen LogP contribution in [0, 0.1) is 6.92 Å². The Morgan fingerprint density at radius 3 is 2.79 bits per heavy atom. The van der Waals surface area contributed by atoms with Crippen LogP contribution in [-0.2, 0) is 16.2 Å². The van der Waals surface area contributed by atoms with Crippen molar-refractivity contribution >= 4 is 40.6 Å². The molecule has 1 N–H and O–H groups in total. The Bertz CT molecular complexity index is 1070. The van der Waals surface area contributed by atoms with Crippen molar-refractivity contribution in [3.05, 3.63) is 76.3 Å². The van der Waals surface area contributed by atoms with Crippen LogP contribution in [0.2, 0.25) is 0 Å². The van der Waals surface area contributed by atoms with Crippen molar-refractivity contribution in [1.29, 1.82) is 0 Å². The van der Waals surface area contributed by atoms with E-state index in [1.165, 1.54) is 11.0 Å². The van der Waals surface area contributed by atoms with Crippen molar-refractivity contribution in [3.8, 4) is 5.75 Å². The number of anilines is 2. The van der Waals surface area contributed by atoms with Gasteiger partial charge < -0.3 is 10.1 Å². The van der Waals surface area contributed by atoms with Gasteiger partial charge in [0.1, 0.15) is 18.9 Å². The van der Waals surface area contributed by atoms with Gasteiger partial charge in [0.15, 0.2) is 0 Å². The van der Waals surface area contributed by atoms with Crippen molar-refractivity contribution in [2.75, 3.05) is 16.8 Å². The zero-order chi connectivity index (χ0) is 20.2. The van der Waals surface area contributed by atoms with E-state index < -0.39 is 0 Å². The van der Waals surface area contributed by atoms with Gasteiger partial charge in [-0.3, -0.25) is 14.5 Å². The molecule has 0 spiro atoms. The second-order valence-corrected chi connectivity index (χ2v) is 7.60. The summed E-state index contributed by atoms with van der Waals surface area (Å²) in [5.74, 6) is 0.287. The number of amides is 2. The highest BCUT2D eigenvalue weighted by atomic mass is 32.1. The quantitative estimate of drug-likeness (QED) is 0.651. The molecule has 0 saturated carbocycles. The molecule has 1 aliphatic heterocycles. The van der Waals surface area contributed by atoms with Gasteiger partial charge in [-0.2, -0.15) is 0 Å². The van der Waals surface area contributed by atoms with Crippen LogP contribution in [0.25, 0.3) is 6.08 Å². The molecular formula is C22H19N3O3S. The average molecular weight is 405 g/mol. The standard InChI is InChI=1S/C22H19N3O3S/c1-15-23-17(14-29-15)13-28-18-9-6-16(7-10-18)8-11-22(27)25-12-21(26)24-19-4-2-3-5-20(19)25/h2-11,14H,12-13H2,1H3,(H,24,26). The molecule has 29 heavy (non-hydrogen) atoms. The first-order valence-electron chi connectivity index (χ1n) is 9.11. The van der Waals surface area contributed by atoms with E-state index in [2.05, 4.69) is 10.3 Å². The number of benzene rings is 2. The number of ether oxygens (including phenoxy) is 1. The number of thiazole rings is 1. The highest BCUT2D eigenvalue weighted by Gasteiger charge is 2.25. The van der Waals surface area contributed by atoms with E-state index in [-0.39, 0.29) is 18.4 Å². The molecule has 1 aromatic heterocycles. The number of carbonyl (C=O) groups is 2. The molecule has 2 aromatic carbocycles. The zero-order valence-corrected chi connectivity index (χ0v) is 16.6. The number of fused-ring (bicyclic) bond motifs is 1. The third kappa shape index (κ3) is 4.52. The first kappa shape index (κ1) is 18.9. The highest BCUT2D eigenvalue weighted by Crippen LogP contribution is 2.29. The lowest BCUT2D eigenvalue weighted by Gasteiger charge is -2.28. The summed E-state index contributed by atoms with van der Waals surface area (Å²) >= 11 is 1.60. The van der Waals surface area contributed by atoms with Gasteiger partial charge in [0.05, 0.1) is 22.1 Å². The molecule has 4 rings (SSSR count). The molecule has 1 aliphatic rings. The maximum atomic E-state index is 12.6. The van der Waals surface area contributed by atoms with Crippen LogP contribution >= 0.6 is 11.3 Å². The second-order valence-electron chi connectivity index (χ2n) is 6.54. The van der Waals surface area contributed by atoms with E-state index in [1.807, 2.05) is 54.8 Å². The van der Waals surface area contributed by atoms with Crippen molar-refractivity contribution in [3.63, 3.8) is 0 Å².